The van der Waals surface area contributed by atoms with Gasteiger partial charge in [0, 0.05) is 31.8 Å². The fourth-order valence-corrected chi connectivity index (χ4v) is 3.17. The normalized spacial score (nSPS) is 23.8. The molecule has 24 heavy (non-hydrogen) atoms. The van der Waals surface area contributed by atoms with Crippen LogP contribution in [0.3, 0.4) is 0 Å². The Morgan fingerprint density at radius 2 is 1.29 bits per heavy atom. The van der Waals surface area contributed by atoms with Gasteiger partial charge in [-0.2, -0.15) is 12.6 Å². The highest BCUT2D eigenvalue weighted by atomic mass is 32.1. The molecule has 0 radical (unpaired) electrons. The summed E-state index contributed by atoms with van der Waals surface area (Å²) in [7, 11) is 0. The molecule has 2 heterocycles. The zero-order valence-corrected chi connectivity index (χ0v) is 15.7. The van der Waals surface area contributed by atoms with Crippen molar-refractivity contribution in [2.75, 3.05) is 13.1 Å². The highest BCUT2D eigenvalue weighted by Gasteiger charge is 2.36. The Hall–Kier alpha value is -1.37. The average molecular weight is 356 g/mol. The molecule has 2 aliphatic heterocycles. The number of carbonyl (C=O) groups excluding carboxylic acids is 4. The van der Waals surface area contributed by atoms with Crippen LogP contribution >= 0.6 is 12.6 Å². The number of thiol groups is 1. The van der Waals surface area contributed by atoms with Gasteiger partial charge in [-0.05, 0) is 12.8 Å². The van der Waals surface area contributed by atoms with Crippen molar-refractivity contribution in [1.82, 2.24) is 9.80 Å². The lowest BCUT2D eigenvalue weighted by Crippen LogP contribution is -2.32. The fraction of sp³-hybridized carbons (Fsp3) is 0.765. The fourth-order valence-electron chi connectivity index (χ4n) is 2.88. The highest BCUT2D eigenvalue weighted by molar-refractivity contribution is 7.81. The van der Waals surface area contributed by atoms with Crippen LogP contribution in [0, 0.1) is 5.92 Å². The molecule has 0 N–H and O–H groups in total. The van der Waals surface area contributed by atoms with Gasteiger partial charge in [-0.25, -0.2) is 0 Å². The van der Waals surface area contributed by atoms with Crippen LogP contribution in [0.25, 0.3) is 0 Å². The number of imide groups is 2. The largest absolute Gasteiger partial charge is 0.282 e. The van der Waals surface area contributed by atoms with Crippen molar-refractivity contribution < 1.29 is 19.2 Å². The Bertz CT molecular complexity index is 451. The molecule has 0 bridgehead atoms. The summed E-state index contributed by atoms with van der Waals surface area (Å²) in [6.07, 6.45) is 3.76. The van der Waals surface area contributed by atoms with E-state index in [1.54, 1.807) is 6.92 Å². The first-order chi connectivity index (χ1) is 11.4. The molecule has 0 aromatic carbocycles. The quantitative estimate of drug-likeness (QED) is 0.430. The summed E-state index contributed by atoms with van der Waals surface area (Å²) < 4.78 is 0. The number of amides is 4. The van der Waals surface area contributed by atoms with E-state index in [4.69, 9.17) is 0 Å². The lowest BCUT2D eigenvalue weighted by atomic mass is 10.1. The Labute approximate surface area is 149 Å². The number of nitrogens with zero attached hydrogens (tertiary/aromatic N) is 2. The van der Waals surface area contributed by atoms with E-state index in [1.807, 2.05) is 13.8 Å². The Morgan fingerprint density at radius 1 is 0.833 bits per heavy atom. The second kappa shape index (κ2) is 9.81. The maximum absolute atomic E-state index is 11.7. The van der Waals surface area contributed by atoms with Crippen LogP contribution in [0.15, 0.2) is 0 Å². The molecule has 136 valence electrons. The van der Waals surface area contributed by atoms with Gasteiger partial charge in [0.05, 0.1) is 5.25 Å². The average Bonchev–Trinajstić information content (AvgIpc) is 2.94. The number of carbonyl (C=O) groups is 4. The van der Waals surface area contributed by atoms with E-state index in [1.165, 1.54) is 9.80 Å². The molecule has 2 saturated heterocycles. The topological polar surface area (TPSA) is 74.8 Å². The zero-order chi connectivity index (χ0) is 18.3. The molecule has 2 fully saturated rings. The number of rotatable bonds is 7. The summed E-state index contributed by atoms with van der Waals surface area (Å²) in [6.45, 7) is 6.69. The van der Waals surface area contributed by atoms with Crippen LogP contribution in [-0.2, 0) is 19.2 Å². The third kappa shape index (κ3) is 5.06. The van der Waals surface area contributed by atoms with Crippen LogP contribution in [0.2, 0.25) is 0 Å². The number of hydrogen-bond acceptors (Lipinski definition) is 5. The van der Waals surface area contributed by atoms with Gasteiger partial charge in [0.2, 0.25) is 23.6 Å². The monoisotopic (exact) mass is 356 g/mol. The molecule has 0 aliphatic carbocycles. The van der Waals surface area contributed by atoms with Crippen molar-refractivity contribution in [2.45, 2.75) is 64.5 Å². The molecular formula is C17H28N2O4S. The molecule has 0 spiro atoms. The van der Waals surface area contributed by atoms with Crippen LogP contribution in [0.4, 0.5) is 0 Å². The summed E-state index contributed by atoms with van der Waals surface area (Å²) in [6, 6.07) is 0. The summed E-state index contributed by atoms with van der Waals surface area (Å²) in [5.41, 5.74) is 0. The van der Waals surface area contributed by atoms with Crippen molar-refractivity contribution >= 4 is 36.3 Å². The Morgan fingerprint density at radius 3 is 1.67 bits per heavy atom. The van der Waals surface area contributed by atoms with Gasteiger partial charge in [0.25, 0.3) is 0 Å². The van der Waals surface area contributed by atoms with Crippen molar-refractivity contribution in [2.24, 2.45) is 5.92 Å². The van der Waals surface area contributed by atoms with Gasteiger partial charge in [-0.1, -0.05) is 33.6 Å². The molecular weight excluding hydrogens is 328 g/mol. The molecule has 2 aliphatic rings. The smallest absolute Gasteiger partial charge is 0.242 e. The van der Waals surface area contributed by atoms with Gasteiger partial charge in [-0.15, -0.1) is 0 Å². The number of likely N-dealkylation sites (tertiary alicyclic amines) is 2. The summed E-state index contributed by atoms with van der Waals surface area (Å²) >= 11 is 4.08. The SMILES string of the molecule is CC.CC1CC(=O)N(CCCCCCN2C(=O)CC(S)C2=O)C1=O. The highest BCUT2D eigenvalue weighted by Crippen LogP contribution is 2.20. The predicted molar refractivity (Wildman–Crippen MR) is 94.4 cm³/mol. The maximum atomic E-state index is 11.7. The van der Waals surface area contributed by atoms with Crippen molar-refractivity contribution in [3.63, 3.8) is 0 Å². The Kier molecular flexibility index (Phi) is 8.45. The van der Waals surface area contributed by atoms with Crippen LogP contribution in [0.5, 0.6) is 0 Å². The second-order valence-corrected chi connectivity index (χ2v) is 6.63. The molecule has 0 aromatic rings. The van der Waals surface area contributed by atoms with Crippen LogP contribution < -0.4 is 0 Å². The van der Waals surface area contributed by atoms with Crippen LogP contribution in [-0.4, -0.2) is 51.8 Å². The van der Waals surface area contributed by atoms with Gasteiger partial charge in [0.15, 0.2) is 0 Å². The van der Waals surface area contributed by atoms with Gasteiger partial charge < -0.3 is 0 Å². The minimum Gasteiger partial charge on any atom is -0.282 e. The van der Waals surface area contributed by atoms with Gasteiger partial charge in [0.1, 0.15) is 0 Å². The van der Waals surface area contributed by atoms with E-state index in [-0.39, 0.29) is 36.0 Å². The van der Waals surface area contributed by atoms with E-state index in [2.05, 4.69) is 12.6 Å². The van der Waals surface area contributed by atoms with Crippen LogP contribution in [0.1, 0.15) is 59.3 Å². The molecule has 6 nitrogen and oxygen atoms in total. The second-order valence-electron chi connectivity index (χ2n) is 6.01. The Balaban J connectivity index is 0.00000139. The minimum absolute atomic E-state index is 0.0712. The van der Waals surface area contributed by atoms with E-state index in [0.29, 0.717) is 19.5 Å². The number of unbranched alkanes of at least 4 members (excludes halogenated alkanes) is 3. The van der Waals surface area contributed by atoms with E-state index >= 15 is 0 Å². The first-order valence-electron chi connectivity index (χ1n) is 8.78. The molecule has 4 amide bonds. The molecule has 2 unspecified atom stereocenters. The molecule has 0 aromatic heterocycles. The third-order valence-corrected chi connectivity index (χ3v) is 4.61. The first-order valence-corrected chi connectivity index (χ1v) is 9.30. The van der Waals surface area contributed by atoms with E-state index in [9.17, 15) is 19.2 Å². The van der Waals surface area contributed by atoms with E-state index < -0.39 is 5.25 Å². The standard InChI is InChI=1S/C15H22N2O4S.C2H6/c1-10-8-12(18)16(14(10)20)6-4-2-3-5-7-17-13(19)9-11(22)15(17)21;1-2/h10-11,22H,2-9H2,1H3;1-2H3. The van der Waals surface area contributed by atoms with Crippen molar-refractivity contribution in [3.8, 4) is 0 Å². The van der Waals surface area contributed by atoms with Gasteiger partial charge >= 0.3 is 0 Å². The molecule has 2 rings (SSSR count). The summed E-state index contributed by atoms with van der Waals surface area (Å²) in [5, 5.41) is -0.485. The molecule has 2 atom stereocenters. The van der Waals surface area contributed by atoms with Gasteiger partial charge in [-0.3, -0.25) is 29.0 Å². The molecule has 7 heteroatoms. The van der Waals surface area contributed by atoms with Crippen molar-refractivity contribution in [3.05, 3.63) is 0 Å². The minimum atomic E-state index is -0.485. The predicted octanol–water partition coefficient (Wildman–Crippen LogP) is 2.03. The zero-order valence-electron chi connectivity index (χ0n) is 14.8. The first kappa shape index (κ1) is 20.7. The molecule has 0 saturated carbocycles. The third-order valence-electron chi connectivity index (χ3n) is 4.20. The lowest BCUT2D eigenvalue weighted by molar-refractivity contribution is -0.140. The summed E-state index contributed by atoms with van der Waals surface area (Å²) in [4.78, 5) is 49.2. The van der Waals surface area contributed by atoms with Crippen molar-refractivity contribution in [1.29, 1.82) is 0 Å². The lowest BCUT2D eigenvalue weighted by Gasteiger charge is -2.15. The number of hydrogen-bond donors (Lipinski definition) is 1. The maximum Gasteiger partial charge on any atom is 0.242 e. The van der Waals surface area contributed by atoms with E-state index in [0.717, 1.165) is 25.7 Å². The summed E-state index contributed by atoms with van der Waals surface area (Å²) in [5.74, 6) is -0.680.